The Morgan fingerprint density at radius 2 is 2.15 bits per heavy atom. The summed E-state index contributed by atoms with van der Waals surface area (Å²) in [6, 6.07) is 9.35. The van der Waals surface area contributed by atoms with Crippen molar-refractivity contribution in [1.29, 1.82) is 0 Å². The Balaban J connectivity index is 1.58. The average molecular weight is 469 g/mol. The number of hydrogen-bond acceptors (Lipinski definition) is 5. The standard InChI is InChI=1S/C26H30ClFN4O/c1-3-20-14-21(16-22(27)15-20)25-19(2)6-10-29-11-7-26(33-25)8-12-31-32(13-9-26)18-24-5-4-23(28)17-30-24/h4-7,10-11,14-17,25,31H,3,8-9,12-13,18H2,1-2H3/b11-7+,19-6+,29-10+. The predicted molar refractivity (Wildman–Crippen MR) is 131 cm³/mol. The molecule has 2 aliphatic rings. The summed E-state index contributed by atoms with van der Waals surface area (Å²) in [5.74, 6) is -0.326. The SMILES string of the molecule is CCc1cc(Cl)cc(C2OC3(/C=C/N=C/C=C/2C)CCNN(Cc2ccc(F)cn2)CC3)c1. The zero-order chi connectivity index (χ0) is 23.3. The van der Waals surface area contributed by atoms with Crippen LogP contribution in [0.15, 0.2) is 65.4 Å². The van der Waals surface area contributed by atoms with Gasteiger partial charge in [0.1, 0.15) is 11.9 Å². The minimum absolute atomic E-state index is 0.228. The first-order valence-electron chi connectivity index (χ1n) is 11.4. The molecule has 174 valence electrons. The van der Waals surface area contributed by atoms with E-state index in [1.807, 2.05) is 30.6 Å². The highest BCUT2D eigenvalue weighted by Gasteiger charge is 2.35. The van der Waals surface area contributed by atoms with Crippen molar-refractivity contribution in [2.45, 2.75) is 51.4 Å². The van der Waals surface area contributed by atoms with E-state index >= 15 is 0 Å². The van der Waals surface area contributed by atoms with E-state index in [2.05, 4.69) is 46.4 Å². The van der Waals surface area contributed by atoms with Crippen LogP contribution in [0.3, 0.4) is 0 Å². The monoisotopic (exact) mass is 468 g/mol. The van der Waals surface area contributed by atoms with Gasteiger partial charge in [0.2, 0.25) is 0 Å². The van der Waals surface area contributed by atoms with E-state index in [0.717, 1.165) is 54.2 Å². The summed E-state index contributed by atoms with van der Waals surface area (Å²) in [6.07, 6.45) is 11.2. The molecule has 2 aliphatic heterocycles. The number of nitrogens with zero attached hydrogens (tertiary/aromatic N) is 3. The van der Waals surface area contributed by atoms with Crippen molar-refractivity contribution in [2.75, 3.05) is 13.1 Å². The normalized spacial score (nSPS) is 27.6. The van der Waals surface area contributed by atoms with Gasteiger partial charge in [-0.25, -0.2) is 9.40 Å². The molecule has 1 aromatic heterocycles. The third-order valence-electron chi connectivity index (χ3n) is 6.17. The second-order valence-corrected chi connectivity index (χ2v) is 9.07. The van der Waals surface area contributed by atoms with Gasteiger partial charge < -0.3 is 4.74 Å². The molecule has 5 nitrogen and oxygen atoms in total. The molecule has 7 heteroatoms. The molecule has 1 fully saturated rings. The van der Waals surface area contributed by atoms with Crippen LogP contribution >= 0.6 is 11.6 Å². The van der Waals surface area contributed by atoms with Gasteiger partial charge in [-0.1, -0.05) is 24.6 Å². The quantitative estimate of drug-likeness (QED) is 0.636. The lowest BCUT2D eigenvalue weighted by Gasteiger charge is -2.35. The minimum atomic E-state index is -0.492. The van der Waals surface area contributed by atoms with Crippen molar-refractivity contribution >= 4 is 17.8 Å². The fourth-order valence-corrected chi connectivity index (χ4v) is 4.54. The van der Waals surface area contributed by atoms with E-state index in [0.29, 0.717) is 6.54 Å². The highest BCUT2D eigenvalue weighted by Crippen LogP contribution is 2.37. The van der Waals surface area contributed by atoms with E-state index in [1.165, 1.54) is 17.8 Å². The Kier molecular flexibility index (Phi) is 7.71. The van der Waals surface area contributed by atoms with Gasteiger partial charge in [-0.2, -0.15) is 0 Å². The largest absolute Gasteiger partial charge is 0.358 e. The minimum Gasteiger partial charge on any atom is -0.358 e. The van der Waals surface area contributed by atoms with E-state index in [4.69, 9.17) is 16.3 Å². The molecule has 1 aromatic carbocycles. The van der Waals surface area contributed by atoms with Gasteiger partial charge in [-0.3, -0.25) is 15.4 Å². The summed E-state index contributed by atoms with van der Waals surface area (Å²) in [5.41, 5.74) is 7.12. The number of benzene rings is 1. The van der Waals surface area contributed by atoms with Crippen LogP contribution in [-0.4, -0.2) is 34.9 Å². The molecular formula is C26H30ClFN4O. The molecule has 33 heavy (non-hydrogen) atoms. The lowest BCUT2D eigenvalue weighted by atomic mass is 9.92. The van der Waals surface area contributed by atoms with Gasteiger partial charge in [0, 0.05) is 30.5 Å². The van der Waals surface area contributed by atoms with Crippen LogP contribution in [0, 0.1) is 5.82 Å². The van der Waals surface area contributed by atoms with Crippen LogP contribution in [0.1, 0.15) is 49.6 Å². The van der Waals surface area contributed by atoms with Gasteiger partial charge >= 0.3 is 0 Å². The Labute approximate surface area is 200 Å². The Morgan fingerprint density at radius 1 is 1.27 bits per heavy atom. The van der Waals surface area contributed by atoms with Gasteiger partial charge in [0.25, 0.3) is 0 Å². The molecule has 0 saturated carbocycles. The van der Waals surface area contributed by atoms with Gasteiger partial charge in [0.05, 0.1) is 24.0 Å². The Morgan fingerprint density at radius 3 is 2.94 bits per heavy atom. The number of hydrogen-bond donors (Lipinski definition) is 1. The summed E-state index contributed by atoms with van der Waals surface area (Å²) >= 11 is 6.45. The first-order valence-corrected chi connectivity index (χ1v) is 11.8. The van der Waals surface area contributed by atoms with Crippen molar-refractivity contribution < 1.29 is 9.13 Å². The zero-order valence-electron chi connectivity index (χ0n) is 19.1. The van der Waals surface area contributed by atoms with Crippen molar-refractivity contribution in [1.82, 2.24) is 15.4 Å². The summed E-state index contributed by atoms with van der Waals surface area (Å²) < 4.78 is 20.1. The lowest BCUT2D eigenvalue weighted by Crippen LogP contribution is -2.37. The van der Waals surface area contributed by atoms with Gasteiger partial charge in [0.15, 0.2) is 0 Å². The molecule has 2 atom stereocenters. The Hall–Kier alpha value is -2.38. The van der Waals surface area contributed by atoms with Gasteiger partial charge in [-0.05, 0) is 79.3 Å². The third-order valence-corrected chi connectivity index (χ3v) is 6.39. The van der Waals surface area contributed by atoms with E-state index in [1.54, 1.807) is 6.07 Å². The van der Waals surface area contributed by atoms with Crippen LogP contribution in [-0.2, 0) is 17.7 Å². The second kappa shape index (κ2) is 10.7. The van der Waals surface area contributed by atoms with E-state index in [9.17, 15) is 4.39 Å². The average Bonchev–Trinajstić information content (AvgIpc) is 2.95. The summed E-state index contributed by atoms with van der Waals surface area (Å²) in [6.45, 7) is 6.28. The molecular weight excluding hydrogens is 439 g/mol. The van der Waals surface area contributed by atoms with Crippen LogP contribution in [0.2, 0.25) is 5.02 Å². The number of nitrogens with one attached hydrogen (secondary N) is 1. The highest BCUT2D eigenvalue weighted by molar-refractivity contribution is 6.30. The smallest absolute Gasteiger partial charge is 0.141 e. The predicted octanol–water partition coefficient (Wildman–Crippen LogP) is 5.58. The van der Waals surface area contributed by atoms with Crippen LogP contribution < -0.4 is 5.43 Å². The number of aliphatic imine (C=N–C) groups is 1. The fourth-order valence-electron chi connectivity index (χ4n) is 4.27. The highest BCUT2D eigenvalue weighted by atomic mass is 35.5. The van der Waals surface area contributed by atoms with Crippen LogP contribution in [0.4, 0.5) is 4.39 Å². The van der Waals surface area contributed by atoms with Crippen molar-refractivity contribution in [3.05, 3.63) is 88.1 Å². The number of rotatable bonds is 4. The maximum absolute atomic E-state index is 13.2. The third kappa shape index (κ3) is 6.15. The second-order valence-electron chi connectivity index (χ2n) is 8.63. The van der Waals surface area contributed by atoms with Crippen molar-refractivity contribution in [3.63, 3.8) is 0 Å². The number of hydrazine groups is 1. The molecule has 0 bridgehead atoms. The molecule has 1 spiro atoms. The first kappa shape index (κ1) is 23.8. The number of halogens is 2. The molecule has 2 unspecified atom stereocenters. The molecule has 0 aliphatic carbocycles. The zero-order valence-corrected chi connectivity index (χ0v) is 19.9. The molecule has 1 N–H and O–H groups in total. The van der Waals surface area contributed by atoms with Crippen molar-refractivity contribution in [3.8, 4) is 0 Å². The fraction of sp³-hybridized carbons (Fsp3) is 0.385. The first-order chi connectivity index (χ1) is 16.0. The lowest BCUT2D eigenvalue weighted by molar-refractivity contribution is -0.0560. The molecule has 4 rings (SSSR count). The number of allylic oxidation sites excluding steroid dienone is 1. The van der Waals surface area contributed by atoms with Crippen LogP contribution in [0.5, 0.6) is 0 Å². The van der Waals surface area contributed by atoms with Gasteiger partial charge in [-0.15, -0.1) is 0 Å². The summed E-state index contributed by atoms with van der Waals surface area (Å²) in [4.78, 5) is 8.62. The number of aromatic nitrogens is 1. The molecule has 3 heterocycles. The summed E-state index contributed by atoms with van der Waals surface area (Å²) in [5, 5.41) is 2.84. The topological polar surface area (TPSA) is 49.8 Å². The molecule has 0 radical (unpaired) electrons. The number of ether oxygens (including phenoxy) is 1. The maximum atomic E-state index is 13.2. The maximum Gasteiger partial charge on any atom is 0.141 e. The number of pyridine rings is 1. The molecule has 2 aromatic rings. The van der Waals surface area contributed by atoms with Crippen LogP contribution in [0.25, 0.3) is 0 Å². The molecule has 1 saturated heterocycles. The van der Waals surface area contributed by atoms with E-state index < -0.39 is 5.60 Å². The molecule has 0 amide bonds. The van der Waals surface area contributed by atoms with E-state index in [-0.39, 0.29) is 11.9 Å². The Bertz CT molecular complexity index is 1050. The van der Waals surface area contributed by atoms with Crippen molar-refractivity contribution in [2.24, 2.45) is 4.99 Å². The number of aryl methyl sites for hydroxylation is 1. The summed E-state index contributed by atoms with van der Waals surface area (Å²) in [7, 11) is 0.